The van der Waals surface area contributed by atoms with Crippen LogP contribution in [-0.4, -0.2) is 16.6 Å². The minimum absolute atomic E-state index is 0. The summed E-state index contributed by atoms with van der Waals surface area (Å²) in [6.45, 7) is 0. The molecule has 1 aromatic rings. The third-order valence-corrected chi connectivity index (χ3v) is 3.46. The molecule has 1 aromatic carbocycles. The van der Waals surface area contributed by atoms with E-state index in [0.29, 0.717) is 12.8 Å². The van der Waals surface area contributed by atoms with Crippen molar-refractivity contribution in [3.63, 3.8) is 0 Å². The van der Waals surface area contributed by atoms with Crippen LogP contribution in [-0.2, 0) is 4.79 Å². The Hall–Kier alpha value is -0.580. The first-order valence-electron chi connectivity index (χ1n) is 4.79. The van der Waals surface area contributed by atoms with Crippen molar-refractivity contribution in [3.8, 4) is 0 Å². The van der Waals surface area contributed by atoms with E-state index in [1.54, 1.807) is 0 Å². The second-order valence-corrected chi connectivity index (χ2v) is 5.04. The van der Waals surface area contributed by atoms with Gasteiger partial charge in [-0.05, 0) is 36.5 Å². The maximum Gasteiger partial charge on any atom is 0.323 e. The lowest BCUT2D eigenvalue weighted by molar-refractivity contribution is -0.147. The second-order valence-electron chi connectivity index (χ2n) is 4.12. The molecular formula is C11H13BrClNO2. The summed E-state index contributed by atoms with van der Waals surface area (Å²) >= 11 is 3.39. The van der Waals surface area contributed by atoms with E-state index in [2.05, 4.69) is 15.9 Å². The summed E-state index contributed by atoms with van der Waals surface area (Å²) in [4.78, 5) is 10.8. The van der Waals surface area contributed by atoms with Gasteiger partial charge in [-0.15, -0.1) is 12.4 Å². The first-order valence-corrected chi connectivity index (χ1v) is 5.58. The minimum Gasteiger partial charge on any atom is -0.480 e. The summed E-state index contributed by atoms with van der Waals surface area (Å²) in [6.07, 6.45) is 1.05. The molecule has 0 aromatic heterocycles. The van der Waals surface area contributed by atoms with Crippen molar-refractivity contribution in [2.75, 3.05) is 0 Å². The molecular weight excluding hydrogens is 293 g/mol. The first kappa shape index (κ1) is 13.5. The zero-order chi connectivity index (χ0) is 11.1. The van der Waals surface area contributed by atoms with Crippen LogP contribution in [0.3, 0.4) is 0 Å². The van der Waals surface area contributed by atoms with Gasteiger partial charge in [0.1, 0.15) is 5.54 Å². The molecule has 1 saturated carbocycles. The van der Waals surface area contributed by atoms with Gasteiger partial charge < -0.3 is 10.8 Å². The molecule has 0 bridgehead atoms. The third-order valence-electron chi connectivity index (χ3n) is 2.97. The van der Waals surface area contributed by atoms with Crippen LogP contribution < -0.4 is 5.73 Å². The molecule has 5 heteroatoms. The zero-order valence-electron chi connectivity index (χ0n) is 8.52. The Kier molecular flexibility index (Phi) is 3.99. The second kappa shape index (κ2) is 4.73. The maximum absolute atomic E-state index is 10.8. The van der Waals surface area contributed by atoms with Gasteiger partial charge in [0.15, 0.2) is 0 Å². The quantitative estimate of drug-likeness (QED) is 0.882. The van der Waals surface area contributed by atoms with Crippen molar-refractivity contribution in [2.45, 2.75) is 24.3 Å². The number of carboxylic acid groups (broad SMARTS) is 1. The number of carboxylic acids is 1. The molecule has 2 rings (SSSR count). The van der Waals surface area contributed by atoms with Gasteiger partial charge in [0.25, 0.3) is 0 Å². The van der Waals surface area contributed by atoms with Gasteiger partial charge in [-0.3, -0.25) is 4.79 Å². The average molecular weight is 307 g/mol. The summed E-state index contributed by atoms with van der Waals surface area (Å²) < 4.78 is 1.02. The largest absolute Gasteiger partial charge is 0.480 e. The predicted octanol–water partition coefficient (Wildman–Crippen LogP) is 2.53. The third kappa shape index (κ3) is 2.39. The number of halogens is 2. The van der Waals surface area contributed by atoms with E-state index >= 15 is 0 Å². The molecule has 3 nitrogen and oxygen atoms in total. The van der Waals surface area contributed by atoms with Crippen LogP contribution in [0.1, 0.15) is 24.3 Å². The zero-order valence-corrected chi connectivity index (χ0v) is 10.9. The monoisotopic (exact) mass is 305 g/mol. The molecule has 16 heavy (non-hydrogen) atoms. The van der Waals surface area contributed by atoms with Gasteiger partial charge in [-0.2, -0.15) is 0 Å². The standard InChI is InChI=1S/C11H12BrNO2.ClH/c12-9-3-1-2-7(4-9)8-5-11(13,6-8)10(14)15;/h1-4,8H,5-6,13H2,(H,14,15);1H. The van der Waals surface area contributed by atoms with E-state index in [0.717, 1.165) is 10.0 Å². The Bertz CT molecular complexity index is 405. The Balaban J connectivity index is 0.00000128. The molecule has 0 amide bonds. The van der Waals surface area contributed by atoms with E-state index in [9.17, 15) is 4.79 Å². The van der Waals surface area contributed by atoms with Crippen LogP contribution in [0.5, 0.6) is 0 Å². The van der Waals surface area contributed by atoms with Gasteiger partial charge in [0.05, 0.1) is 0 Å². The number of carbonyl (C=O) groups is 1. The number of aliphatic carboxylic acids is 1. The van der Waals surface area contributed by atoms with Gasteiger partial charge in [0.2, 0.25) is 0 Å². The van der Waals surface area contributed by atoms with Crippen LogP contribution in [0.25, 0.3) is 0 Å². The van der Waals surface area contributed by atoms with Crippen molar-refractivity contribution in [1.29, 1.82) is 0 Å². The highest BCUT2D eigenvalue weighted by molar-refractivity contribution is 9.10. The van der Waals surface area contributed by atoms with Crippen LogP contribution in [0.2, 0.25) is 0 Å². The lowest BCUT2D eigenvalue weighted by Gasteiger charge is -2.41. The van der Waals surface area contributed by atoms with Gasteiger partial charge in [0, 0.05) is 4.47 Å². The molecule has 3 N–H and O–H groups in total. The highest BCUT2D eigenvalue weighted by atomic mass is 79.9. The van der Waals surface area contributed by atoms with E-state index in [4.69, 9.17) is 10.8 Å². The summed E-state index contributed by atoms with van der Waals surface area (Å²) in [5, 5.41) is 8.88. The van der Waals surface area contributed by atoms with E-state index < -0.39 is 11.5 Å². The van der Waals surface area contributed by atoms with Crippen molar-refractivity contribution in [1.82, 2.24) is 0 Å². The number of benzene rings is 1. The van der Waals surface area contributed by atoms with Crippen LogP contribution in [0, 0.1) is 0 Å². The molecule has 1 aliphatic carbocycles. The fourth-order valence-electron chi connectivity index (χ4n) is 1.99. The average Bonchev–Trinajstić information content (AvgIpc) is 2.12. The Morgan fingerprint density at radius 1 is 1.50 bits per heavy atom. The van der Waals surface area contributed by atoms with Gasteiger partial charge >= 0.3 is 5.97 Å². The Morgan fingerprint density at radius 3 is 2.62 bits per heavy atom. The van der Waals surface area contributed by atoms with Crippen LogP contribution >= 0.6 is 28.3 Å². The molecule has 0 radical (unpaired) electrons. The topological polar surface area (TPSA) is 63.3 Å². The lowest BCUT2D eigenvalue weighted by Crippen LogP contribution is -2.56. The van der Waals surface area contributed by atoms with Crippen molar-refractivity contribution < 1.29 is 9.90 Å². The smallest absolute Gasteiger partial charge is 0.323 e. The number of nitrogens with two attached hydrogens (primary N) is 1. The summed E-state index contributed by atoms with van der Waals surface area (Å²) in [5.41, 5.74) is 5.85. The fourth-order valence-corrected chi connectivity index (χ4v) is 2.41. The summed E-state index contributed by atoms with van der Waals surface area (Å²) in [5.74, 6) is -0.614. The van der Waals surface area contributed by atoms with Gasteiger partial charge in [-0.25, -0.2) is 0 Å². The highest BCUT2D eigenvalue weighted by Crippen LogP contribution is 2.43. The molecule has 1 fully saturated rings. The highest BCUT2D eigenvalue weighted by Gasteiger charge is 2.47. The normalized spacial score (nSPS) is 27.8. The minimum atomic E-state index is -1.01. The summed E-state index contributed by atoms with van der Waals surface area (Å²) in [7, 11) is 0. The molecule has 1 aliphatic rings. The number of rotatable bonds is 2. The van der Waals surface area contributed by atoms with Crippen molar-refractivity contribution in [3.05, 3.63) is 34.3 Å². The van der Waals surface area contributed by atoms with Crippen LogP contribution in [0.4, 0.5) is 0 Å². The molecule has 0 atom stereocenters. The van der Waals surface area contributed by atoms with E-state index in [1.165, 1.54) is 0 Å². The molecule has 0 saturated heterocycles. The Morgan fingerprint density at radius 2 is 2.12 bits per heavy atom. The predicted molar refractivity (Wildman–Crippen MR) is 67.9 cm³/mol. The Labute approximate surface area is 109 Å². The fraction of sp³-hybridized carbons (Fsp3) is 0.364. The number of hydrogen-bond acceptors (Lipinski definition) is 2. The van der Waals surface area contributed by atoms with E-state index in [1.807, 2.05) is 24.3 Å². The SMILES string of the molecule is Cl.NC1(C(=O)O)CC(c2cccc(Br)c2)C1. The molecule has 0 unspecified atom stereocenters. The number of hydrogen-bond donors (Lipinski definition) is 2. The maximum atomic E-state index is 10.8. The van der Waals surface area contributed by atoms with Crippen LogP contribution in [0.15, 0.2) is 28.7 Å². The molecule has 0 heterocycles. The first-order chi connectivity index (χ1) is 7.01. The molecule has 88 valence electrons. The summed E-state index contributed by atoms with van der Waals surface area (Å²) in [6, 6.07) is 7.94. The lowest BCUT2D eigenvalue weighted by atomic mass is 9.66. The molecule has 0 aliphatic heterocycles. The van der Waals surface area contributed by atoms with Gasteiger partial charge in [-0.1, -0.05) is 28.1 Å². The van der Waals surface area contributed by atoms with Crippen molar-refractivity contribution >= 4 is 34.3 Å². The van der Waals surface area contributed by atoms with Crippen molar-refractivity contribution in [2.24, 2.45) is 5.73 Å². The molecule has 0 spiro atoms. The van der Waals surface area contributed by atoms with E-state index in [-0.39, 0.29) is 18.3 Å².